The average molecular weight is 214 g/mol. The van der Waals surface area contributed by atoms with E-state index in [1.165, 1.54) is 0 Å². The van der Waals surface area contributed by atoms with Crippen molar-refractivity contribution in [1.82, 2.24) is 5.32 Å². The van der Waals surface area contributed by atoms with Crippen LogP contribution in [0.25, 0.3) is 0 Å². The Balaban J connectivity index is 2.16. The van der Waals surface area contributed by atoms with Gasteiger partial charge in [0.1, 0.15) is 0 Å². The van der Waals surface area contributed by atoms with Crippen molar-refractivity contribution in [2.24, 2.45) is 11.7 Å². The molecule has 1 aliphatic heterocycles. The standard InChI is InChI=1S/C11H22N2O2/c1-2-4-10(12)7-13-11(14)9-5-3-6-15-8-9/h9-10H,2-8,12H2,1H3,(H,13,14). The second-order valence-corrected chi connectivity index (χ2v) is 4.21. The molecule has 0 bridgehead atoms. The lowest BCUT2D eigenvalue weighted by atomic mass is 10.0. The fraction of sp³-hybridized carbons (Fsp3) is 0.909. The minimum Gasteiger partial charge on any atom is -0.381 e. The highest BCUT2D eigenvalue weighted by atomic mass is 16.5. The van der Waals surface area contributed by atoms with Crippen molar-refractivity contribution in [2.75, 3.05) is 19.8 Å². The molecule has 3 N–H and O–H groups in total. The van der Waals surface area contributed by atoms with Crippen LogP contribution in [0.5, 0.6) is 0 Å². The van der Waals surface area contributed by atoms with Gasteiger partial charge >= 0.3 is 0 Å². The van der Waals surface area contributed by atoms with E-state index < -0.39 is 0 Å². The molecular weight excluding hydrogens is 192 g/mol. The summed E-state index contributed by atoms with van der Waals surface area (Å²) in [6.45, 7) is 4.04. The predicted molar refractivity (Wildman–Crippen MR) is 59.4 cm³/mol. The second-order valence-electron chi connectivity index (χ2n) is 4.21. The van der Waals surface area contributed by atoms with Crippen molar-refractivity contribution in [2.45, 2.75) is 38.6 Å². The Labute approximate surface area is 91.5 Å². The molecule has 1 saturated heterocycles. The van der Waals surface area contributed by atoms with E-state index in [9.17, 15) is 4.79 Å². The molecule has 2 unspecified atom stereocenters. The van der Waals surface area contributed by atoms with Gasteiger partial charge in [-0.15, -0.1) is 0 Å². The lowest BCUT2D eigenvalue weighted by Gasteiger charge is -2.22. The van der Waals surface area contributed by atoms with Gasteiger partial charge in [-0.3, -0.25) is 4.79 Å². The number of hydrogen-bond donors (Lipinski definition) is 2. The van der Waals surface area contributed by atoms with Gasteiger partial charge in [0.05, 0.1) is 12.5 Å². The molecule has 4 nitrogen and oxygen atoms in total. The molecule has 0 aromatic rings. The molecule has 1 aliphatic rings. The molecular formula is C11H22N2O2. The zero-order valence-electron chi connectivity index (χ0n) is 9.50. The first-order valence-corrected chi connectivity index (χ1v) is 5.85. The maximum absolute atomic E-state index is 11.7. The maximum atomic E-state index is 11.7. The summed E-state index contributed by atoms with van der Waals surface area (Å²) in [5, 5.41) is 2.89. The number of nitrogens with one attached hydrogen (secondary N) is 1. The molecule has 0 radical (unpaired) electrons. The summed E-state index contributed by atoms with van der Waals surface area (Å²) in [5.74, 6) is 0.133. The van der Waals surface area contributed by atoms with Gasteiger partial charge in [-0.2, -0.15) is 0 Å². The summed E-state index contributed by atoms with van der Waals surface area (Å²) in [5.41, 5.74) is 5.82. The molecule has 0 aromatic carbocycles. The molecule has 15 heavy (non-hydrogen) atoms. The summed E-state index contributed by atoms with van der Waals surface area (Å²) >= 11 is 0. The van der Waals surface area contributed by atoms with E-state index in [2.05, 4.69) is 12.2 Å². The van der Waals surface area contributed by atoms with Crippen molar-refractivity contribution in [3.05, 3.63) is 0 Å². The Morgan fingerprint density at radius 1 is 1.67 bits per heavy atom. The molecule has 2 atom stereocenters. The fourth-order valence-corrected chi connectivity index (χ4v) is 1.80. The van der Waals surface area contributed by atoms with E-state index in [4.69, 9.17) is 10.5 Å². The summed E-state index contributed by atoms with van der Waals surface area (Å²) < 4.78 is 5.27. The number of ether oxygens (including phenoxy) is 1. The first-order chi connectivity index (χ1) is 7.24. The smallest absolute Gasteiger partial charge is 0.225 e. The van der Waals surface area contributed by atoms with Gasteiger partial charge in [0, 0.05) is 19.2 Å². The van der Waals surface area contributed by atoms with E-state index in [1.807, 2.05) is 0 Å². The van der Waals surface area contributed by atoms with Gasteiger partial charge in [-0.25, -0.2) is 0 Å². The molecule has 0 spiro atoms. The van der Waals surface area contributed by atoms with Crippen molar-refractivity contribution >= 4 is 5.91 Å². The van der Waals surface area contributed by atoms with Crippen molar-refractivity contribution in [3.63, 3.8) is 0 Å². The van der Waals surface area contributed by atoms with E-state index in [-0.39, 0.29) is 17.9 Å². The fourth-order valence-electron chi connectivity index (χ4n) is 1.80. The van der Waals surface area contributed by atoms with Crippen LogP contribution in [0.15, 0.2) is 0 Å². The Morgan fingerprint density at radius 3 is 3.07 bits per heavy atom. The van der Waals surface area contributed by atoms with Crippen LogP contribution in [0.3, 0.4) is 0 Å². The highest BCUT2D eigenvalue weighted by Gasteiger charge is 2.21. The molecule has 0 aliphatic carbocycles. The lowest BCUT2D eigenvalue weighted by Crippen LogP contribution is -2.41. The second kappa shape index (κ2) is 6.80. The van der Waals surface area contributed by atoms with Crippen LogP contribution >= 0.6 is 0 Å². The van der Waals surface area contributed by atoms with Crippen LogP contribution in [0.2, 0.25) is 0 Å². The molecule has 1 heterocycles. The largest absolute Gasteiger partial charge is 0.381 e. The number of carbonyl (C=O) groups is 1. The normalized spacial score (nSPS) is 23.5. The molecule has 88 valence electrons. The van der Waals surface area contributed by atoms with Crippen molar-refractivity contribution in [1.29, 1.82) is 0 Å². The number of amides is 1. The number of hydrogen-bond acceptors (Lipinski definition) is 3. The third-order valence-electron chi connectivity index (χ3n) is 2.73. The zero-order valence-corrected chi connectivity index (χ0v) is 9.50. The molecule has 0 saturated carbocycles. The average Bonchev–Trinajstić information content (AvgIpc) is 2.27. The minimum absolute atomic E-state index is 0.0348. The van der Waals surface area contributed by atoms with Gasteiger partial charge in [0.15, 0.2) is 0 Å². The monoisotopic (exact) mass is 214 g/mol. The third-order valence-corrected chi connectivity index (χ3v) is 2.73. The van der Waals surface area contributed by atoms with Crippen molar-refractivity contribution < 1.29 is 9.53 Å². The number of nitrogens with two attached hydrogens (primary N) is 1. The Kier molecular flexibility index (Phi) is 5.65. The Hall–Kier alpha value is -0.610. The van der Waals surface area contributed by atoms with Gasteiger partial charge < -0.3 is 15.8 Å². The van der Waals surface area contributed by atoms with Crippen LogP contribution in [0.1, 0.15) is 32.6 Å². The summed E-state index contributed by atoms with van der Waals surface area (Å²) in [6, 6.07) is 0.0865. The zero-order chi connectivity index (χ0) is 11.1. The van der Waals surface area contributed by atoms with Crippen LogP contribution < -0.4 is 11.1 Å². The van der Waals surface area contributed by atoms with Gasteiger partial charge in [-0.05, 0) is 19.3 Å². The number of carbonyl (C=O) groups excluding carboxylic acids is 1. The van der Waals surface area contributed by atoms with E-state index >= 15 is 0 Å². The van der Waals surface area contributed by atoms with Gasteiger partial charge in [0.2, 0.25) is 5.91 Å². The van der Waals surface area contributed by atoms with Gasteiger partial charge in [0.25, 0.3) is 0 Å². The first kappa shape index (κ1) is 12.5. The molecule has 1 amide bonds. The first-order valence-electron chi connectivity index (χ1n) is 5.85. The molecule has 0 aromatic heterocycles. The van der Waals surface area contributed by atoms with Crippen LogP contribution in [-0.2, 0) is 9.53 Å². The summed E-state index contributed by atoms with van der Waals surface area (Å²) in [7, 11) is 0. The van der Waals surface area contributed by atoms with E-state index in [0.29, 0.717) is 13.2 Å². The lowest BCUT2D eigenvalue weighted by molar-refractivity contribution is -0.129. The Morgan fingerprint density at radius 2 is 2.47 bits per heavy atom. The minimum atomic E-state index is 0.0348. The SMILES string of the molecule is CCCC(N)CNC(=O)C1CCCOC1. The predicted octanol–water partition coefficient (Wildman–Crippen LogP) is 0.657. The summed E-state index contributed by atoms with van der Waals surface area (Å²) in [6.07, 6.45) is 3.94. The number of rotatable bonds is 5. The highest BCUT2D eigenvalue weighted by Crippen LogP contribution is 2.13. The molecule has 1 fully saturated rings. The van der Waals surface area contributed by atoms with Crippen LogP contribution in [0, 0.1) is 5.92 Å². The highest BCUT2D eigenvalue weighted by molar-refractivity contribution is 5.78. The van der Waals surface area contributed by atoms with Crippen LogP contribution in [-0.4, -0.2) is 31.7 Å². The van der Waals surface area contributed by atoms with Crippen molar-refractivity contribution in [3.8, 4) is 0 Å². The van der Waals surface area contributed by atoms with E-state index in [1.54, 1.807) is 0 Å². The molecule has 1 rings (SSSR count). The summed E-state index contributed by atoms with van der Waals surface area (Å²) in [4.78, 5) is 11.7. The van der Waals surface area contributed by atoms with Gasteiger partial charge in [-0.1, -0.05) is 13.3 Å². The quantitative estimate of drug-likeness (QED) is 0.706. The Bertz CT molecular complexity index is 191. The maximum Gasteiger partial charge on any atom is 0.225 e. The molecule has 4 heteroatoms. The topological polar surface area (TPSA) is 64.3 Å². The van der Waals surface area contributed by atoms with Crippen LogP contribution in [0.4, 0.5) is 0 Å². The third kappa shape index (κ3) is 4.62. The van der Waals surface area contributed by atoms with E-state index in [0.717, 1.165) is 32.3 Å².